The largest absolute Gasteiger partial charge is 0.383 e. The van der Waals surface area contributed by atoms with Gasteiger partial charge in [-0.15, -0.1) is 0 Å². The Kier molecular flexibility index (Phi) is 4.70. The molecule has 0 amide bonds. The number of aromatic amines is 1. The maximum atomic E-state index is 5.21. The van der Waals surface area contributed by atoms with Crippen molar-refractivity contribution in [3.8, 4) is 11.5 Å². The summed E-state index contributed by atoms with van der Waals surface area (Å²) >= 11 is 0. The number of H-pyrrole nitrogens is 1. The van der Waals surface area contributed by atoms with E-state index in [2.05, 4.69) is 63.8 Å². The molecule has 0 bridgehead atoms. The highest BCUT2D eigenvalue weighted by atomic mass is 16.5. The number of nitrogens with zero attached hydrogens (tertiary/aromatic N) is 4. The molecular weight excluding hydrogens is 326 g/mol. The number of benzene rings is 1. The van der Waals surface area contributed by atoms with Gasteiger partial charge >= 0.3 is 0 Å². The molecule has 0 atom stereocenters. The highest BCUT2D eigenvalue weighted by Gasteiger charge is 2.17. The van der Waals surface area contributed by atoms with Crippen molar-refractivity contribution in [2.75, 3.05) is 51.8 Å². The van der Waals surface area contributed by atoms with Crippen LogP contribution in [0.15, 0.2) is 30.5 Å². The summed E-state index contributed by atoms with van der Waals surface area (Å²) in [4.78, 5) is 13.3. The molecule has 1 saturated heterocycles. The van der Waals surface area contributed by atoms with E-state index in [1.807, 2.05) is 0 Å². The molecule has 0 unspecified atom stereocenters. The number of aromatic nitrogens is 3. The predicted molar refractivity (Wildman–Crippen MR) is 106 cm³/mol. The van der Waals surface area contributed by atoms with Crippen LogP contribution in [0.1, 0.15) is 5.56 Å². The quantitative estimate of drug-likeness (QED) is 0.766. The van der Waals surface area contributed by atoms with Gasteiger partial charge in [0.1, 0.15) is 0 Å². The first kappa shape index (κ1) is 17.1. The Bertz CT molecular complexity index is 889. The Hall–Kier alpha value is -2.31. The first-order chi connectivity index (χ1) is 12.7. The molecule has 1 aromatic carbocycles. The summed E-state index contributed by atoms with van der Waals surface area (Å²) in [5.41, 5.74) is 5.76. The van der Waals surface area contributed by atoms with Crippen LogP contribution in [0.5, 0.6) is 0 Å². The number of hydrogen-bond donors (Lipinski definition) is 1. The maximum absolute atomic E-state index is 5.21. The average molecular weight is 353 g/mol. The van der Waals surface area contributed by atoms with Gasteiger partial charge in [0, 0.05) is 51.7 Å². The monoisotopic (exact) mass is 353 g/mol. The van der Waals surface area contributed by atoms with Crippen LogP contribution in [-0.4, -0.2) is 66.4 Å². The molecule has 26 heavy (non-hydrogen) atoms. The number of aryl methyl sites for hydroxylation is 1. The lowest BCUT2D eigenvalue weighted by Crippen LogP contribution is -2.44. The number of rotatable bonds is 5. The first-order valence-corrected chi connectivity index (χ1v) is 9.24. The summed E-state index contributed by atoms with van der Waals surface area (Å²) in [6.45, 7) is 8.02. The zero-order chi connectivity index (χ0) is 18.1. The van der Waals surface area contributed by atoms with E-state index in [1.54, 1.807) is 7.11 Å². The van der Waals surface area contributed by atoms with Gasteiger partial charge < -0.3 is 24.1 Å². The third-order valence-electron chi connectivity index (χ3n) is 5.24. The molecule has 6 heteroatoms. The molecule has 1 aliphatic rings. The number of ether oxygens (including phenoxy) is 1. The van der Waals surface area contributed by atoms with Crippen molar-refractivity contribution in [2.45, 2.75) is 13.5 Å². The Morgan fingerprint density at radius 1 is 1.19 bits per heavy atom. The highest BCUT2D eigenvalue weighted by molar-refractivity contribution is 5.85. The van der Waals surface area contributed by atoms with Gasteiger partial charge in [0.25, 0.3) is 0 Å². The lowest BCUT2D eigenvalue weighted by Gasteiger charge is -2.34. The van der Waals surface area contributed by atoms with Crippen molar-refractivity contribution < 1.29 is 4.74 Å². The topological polar surface area (TPSA) is 49.3 Å². The van der Waals surface area contributed by atoms with Gasteiger partial charge in [-0.2, -0.15) is 0 Å². The van der Waals surface area contributed by atoms with Crippen LogP contribution < -0.4 is 4.90 Å². The number of hydrogen-bond acceptors (Lipinski definition) is 4. The normalized spacial score (nSPS) is 15.9. The minimum atomic E-state index is 0.689. The van der Waals surface area contributed by atoms with E-state index in [1.165, 1.54) is 11.3 Å². The Morgan fingerprint density at radius 3 is 2.77 bits per heavy atom. The van der Waals surface area contributed by atoms with Gasteiger partial charge in [-0.1, -0.05) is 0 Å². The summed E-state index contributed by atoms with van der Waals surface area (Å²) in [6, 6.07) is 8.67. The Balaban J connectivity index is 1.67. The van der Waals surface area contributed by atoms with Crippen molar-refractivity contribution in [1.29, 1.82) is 0 Å². The van der Waals surface area contributed by atoms with Crippen molar-refractivity contribution in [3.05, 3.63) is 36.0 Å². The second-order valence-electron chi connectivity index (χ2n) is 7.11. The molecule has 1 aliphatic heterocycles. The van der Waals surface area contributed by atoms with E-state index in [-0.39, 0.29) is 0 Å². The van der Waals surface area contributed by atoms with Crippen LogP contribution in [0, 0.1) is 6.92 Å². The van der Waals surface area contributed by atoms with Crippen LogP contribution in [0.4, 0.5) is 5.69 Å². The van der Waals surface area contributed by atoms with Crippen LogP contribution in [-0.2, 0) is 11.3 Å². The number of methoxy groups -OCH3 is 1. The smallest absolute Gasteiger partial charge is 0.155 e. The molecular formula is C20H27N5O. The summed E-state index contributed by atoms with van der Waals surface area (Å²) in [5.74, 6) is 0.916. The van der Waals surface area contributed by atoms with Crippen LogP contribution in [0.2, 0.25) is 0 Å². The van der Waals surface area contributed by atoms with Gasteiger partial charge in [0.2, 0.25) is 0 Å². The zero-order valence-corrected chi connectivity index (χ0v) is 15.8. The minimum absolute atomic E-state index is 0.689. The maximum Gasteiger partial charge on any atom is 0.155 e. The second-order valence-corrected chi connectivity index (χ2v) is 7.11. The number of imidazole rings is 1. The predicted octanol–water partition coefficient (Wildman–Crippen LogP) is 2.74. The van der Waals surface area contributed by atoms with E-state index in [0.29, 0.717) is 6.61 Å². The molecule has 0 spiro atoms. The fourth-order valence-corrected chi connectivity index (χ4v) is 3.65. The van der Waals surface area contributed by atoms with Crippen LogP contribution in [0.3, 0.4) is 0 Å². The summed E-state index contributed by atoms with van der Waals surface area (Å²) in [6.07, 6.45) is 2.07. The molecule has 0 aliphatic carbocycles. The molecule has 0 saturated carbocycles. The van der Waals surface area contributed by atoms with Crippen molar-refractivity contribution >= 4 is 16.7 Å². The van der Waals surface area contributed by atoms with Gasteiger partial charge in [-0.3, -0.25) is 0 Å². The fourth-order valence-electron chi connectivity index (χ4n) is 3.65. The standard InChI is InChI=1S/C20H27N5O/c1-15-13-16(24-9-7-23(2)8-10-24)14-17-19(15)22-20(21-17)18-5-4-6-25(18)11-12-26-3/h4-6,13-14H,7-12H2,1-3H3,(H,21,22). The average Bonchev–Trinajstić information content (AvgIpc) is 3.27. The summed E-state index contributed by atoms with van der Waals surface area (Å²) in [7, 11) is 3.92. The van der Waals surface area contributed by atoms with Crippen molar-refractivity contribution in [3.63, 3.8) is 0 Å². The minimum Gasteiger partial charge on any atom is -0.383 e. The molecule has 3 aromatic rings. The van der Waals surface area contributed by atoms with Crippen LogP contribution in [0.25, 0.3) is 22.6 Å². The van der Waals surface area contributed by atoms with Crippen molar-refractivity contribution in [2.24, 2.45) is 0 Å². The van der Waals surface area contributed by atoms with E-state index in [4.69, 9.17) is 9.72 Å². The van der Waals surface area contributed by atoms with Gasteiger partial charge in [-0.25, -0.2) is 4.98 Å². The third kappa shape index (κ3) is 3.22. The van der Waals surface area contributed by atoms with E-state index < -0.39 is 0 Å². The van der Waals surface area contributed by atoms with Gasteiger partial charge in [-0.05, 0) is 43.8 Å². The molecule has 1 N–H and O–H groups in total. The zero-order valence-electron chi connectivity index (χ0n) is 15.8. The molecule has 0 radical (unpaired) electrons. The number of fused-ring (bicyclic) bond motifs is 1. The van der Waals surface area contributed by atoms with Gasteiger partial charge in [0.05, 0.1) is 23.3 Å². The fraction of sp³-hybridized carbons (Fsp3) is 0.450. The number of anilines is 1. The molecule has 4 rings (SSSR count). The second kappa shape index (κ2) is 7.13. The Morgan fingerprint density at radius 2 is 2.00 bits per heavy atom. The molecule has 6 nitrogen and oxygen atoms in total. The molecule has 138 valence electrons. The third-order valence-corrected chi connectivity index (χ3v) is 5.24. The lowest BCUT2D eigenvalue weighted by atomic mass is 10.1. The van der Waals surface area contributed by atoms with Crippen LogP contribution >= 0.6 is 0 Å². The SMILES string of the molecule is COCCn1cccc1-c1nc2c(C)cc(N3CCN(C)CC3)cc2[nH]1. The van der Waals surface area contributed by atoms with E-state index in [9.17, 15) is 0 Å². The molecule has 3 heterocycles. The first-order valence-electron chi connectivity index (χ1n) is 9.24. The van der Waals surface area contributed by atoms with E-state index >= 15 is 0 Å². The Labute approximate surface area is 154 Å². The lowest BCUT2D eigenvalue weighted by molar-refractivity contribution is 0.187. The number of nitrogens with one attached hydrogen (secondary N) is 1. The number of likely N-dealkylation sites (N-methyl/N-ethyl adjacent to an activating group) is 1. The van der Waals surface area contributed by atoms with Gasteiger partial charge in [0.15, 0.2) is 5.82 Å². The van der Waals surface area contributed by atoms with E-state index in [0.717, 1.165) is 55.3 Å². The summed E-state index contributed by atoms with van der Waals surface area (Å²) < 4.78 is 7.39. The van der Waals surface area contributed by atoms with Crippen molar-refractivity contribution in [1.82, 2.24) is 19.4 Å². The molecule has 2 aromatic heterocycles. The molecule has 1 fully saturated rings. The highest BCUT2D eigenvalue weighted by Crippen LogP contribution is 2.28. The summed E-state index contributed by atoms with van der Waals surface area (Å²) in [5, 5.41) is 0. The number of piperazine rings is 1.